The maximum absolute atomic E-state index is 12.7. The first kappa shape index (κ1) is 21.3. The molecule has 2 aromatic carbocycles. The number of rotatable bonds is 6. The smallest absolute Gasteiger partial charge is 0.255 e. The van der Waals surface area contributed by atoms with E-state index >= 15 is 0 Å². The highest BCUT2D eigenvalue weighted by atomic mass is 127. The lowest BCUT2D eigenvalue weighted by atomic mass is 10.00. The van der Waals surface area contributed by atoms with Crippen LogP contribution in [-0.2, 0) is 4.79 Å². The van der Waals surface area contributed by atoms with Gasteiger partial charge in [0.05, 0.1) is 10.6 Å². The number of benzene rings is 2. The number of alkyl halides is 1. The highest BCUT2D eigenvalue weighted by Gasteiger charge is 2.26. The zero-order valence-electron chi connectivity index (χ0n) is 14.8. The largest absolute Gasteiger partial charge is 0.507 e. The minimum atomic E-state index is -0.944. The average molecular weight is 503 g/mol. The fourth-order valence-electron chi connectivity index (χ4n) is 2.48. The summed E-state index contributed by atoms with van der Waals surface area (Å²) in [5.41, 5.74) is 1.36. The summed E-state index contributed by atoms with van der Waals surface area (Å²) in [4.78, 5) is 25.4. The van der Waals surface area contributed by atoms with Gasteiger partial charge < -0.3 is 20.8 Å². The van der Waals surface area contributed by atoms with Gasteiger partial charge in [0.15, 0.2) is 0 Å². The summed E-state index contributed by atoms with van der Waals surface area (Å²) in [5, 5.41) is 24.9. The Balaban J connectivity index is 2.34. The molecule has 0 bridgehead atoms. The van der Waals surface area contributed by atoms with E-state index in [0.29, 0.717) is 12.1 Å². The van der Waals surface area contributed by atoms with Crippen LogP contribution in [0.1, 0.15) is 34.5 Å². The molecule has 0 aliphatic rings. The number of amides is 2. The van der Waals surface area contributed by atoms with Crippen LogP contribution in [0.4, 0.5) is 0 Å². The molecule has 2 amide bonds. The van der Waals surface area contributed by atoms with E-state index in [1.165, 1.54) is 0 Å². The zero-order valence-corrected chi connectivity index (χ0v) is 17.7. The van der Waals surface area contributed by atoms with Gasteiger partial charge in [0.25, 0.3) is 5.91 Å². The molecule has 2 atom stereocenters. The molecule has 0 spiro atoms. The van der Waals surface area contributed by atoms with Gasteiger partial charge in [-0.05, 0) is 24.1 Å². The fraction of sp³-hybridized carbons (Fsp3) is 0.263. The number of phenols is 2. The van der Waals surface area contributed by atoms with Gasteiger partial charge in [-0.25, -0.2) is 0 Å². The molecule has 27 heavy (non-hydrogen) atoms. The summed E-state index contributed by atoms with van der Waals surface area (Å²) in [5.74, 6) is -1.81. The standard InChI is InChI=1S/C19H20ClIN2O4/c1-10-5-3-4-6-12(10)17(19(27)22-9-11(2)21)23-18(26)13-7-14(20)16(25)8-15(13)24/h3-8,11,17,24-25H,9H2,1-2H3,(H,22,27)(H,23,26). The van der Waals surface area contributed by atoms with Crippen LogP contribution in [0.5, 0.6) is 11.5 Å². The van der Waals surface area contributed by atoms with Crippen molar-refractivity contribution in [1.82, 2.24) is 10.6 Å². The normalized spacial score (nSPS) is 12.9. The Bertz CT molecular complexity index is 858. The molecular weight excluding hydrogens is 483 g/mol. The highest BCUT2D eigenvalue weighted by Crippen LogP contribution is 2.31. The molecule has 0 saturated heterocycles. The number of halogens is 2. The first-order valence-electron chi connectivity index (χ1n) is 8.20. The monoisotopic (exact) mass is 502 g/mol. The van der Waals surface area contributed by atoms with Crippen molar-refractivity contribution in [3.05, 3.63) is 58.1 Å². The third kappa shape index (κ3) is 5.49. The van der Waals surface area contributed by atoms with Gasteiger partial charge in [-0.15, -0.1) is 0 Å². The van der Waals surface area contributed by atoms with E-state index in [4.69, 9.17) is 11.6 Å². The van der Waals surface area contributed by atoms with Gasteiger partial charge in [0, 0.05) is 16.5 Å². The summed E-state index contributed by atoms with van der Waals surface area (Å²) in [6.45, 7) is 4.25. The van der Waals surface area contributed by atoms with Crippen molar-refractivity contribution >= 4 is 46.0 Å². The number of aryl methyl sites for hydroxylation is 1. The molecule has 0 aliphatic heterocycles. The predicted octanol–water partition coefficient (Wildman–Crippen LogP) is 3.47. The molecule has 2 aromatic rings. The Morgan fingerprint density at radius 1 is 1.19 bits per heavy atom. The second kappa shape index (κ2) is 9.27. The number of nitrogens with one attached hydrogen (secondary N) is 2. The van der Waals surface area contributed by atoms with Crippen molar-refractivity contribution in [2.75, 3.05) is 6.54 Å². The quantitative estimate of drug-likeness (QED) is 0.359. The molecule has 4 N–H and O–H groups in total. The Labute approximate surface area is 176 Å². The lowest BCUT2D eigenvalue weighted by Crippen LogP contribution is -2.42. The number of carbonyl (C=O) groups is 2. The molecule has 0 radical (unpaired) electrons. The third-order valence-electron chi connectivity index (χ3n) is 3.90. The topological polar surface area (TPSA) is 98.7 Å². The molecule has 2 rings (SSSR count). The predicted molar refractivity (Wildman–Crippen MR) is 113 cm³/mol. The van der Waals surface area contributed by atoms with Crippen LogP contribution in [0, 0.1) is 6.92 Å². The Morgan fingerprint density at radius 3 is 2.48 bits per heavy atom. The number of hydrogen-bond donors (Lipinski definition) is 4. The number of phenolic OH excluding ortho intramolecular Hbond substituents is 2. The van der Waals surface area contributed by atoms with Crippen molar-refractivity contribution in [2.24, 2.45) is 0 Å². The SMILES string of the molecule is Cc1ccccc1C(NC(=O)c1cc(Cl)c(O)cc1O)C(=O)NCC(C)I. The highest BCUT2D eigenvalue weighted by molar-refractivity contribution is 14.1. The van der Waals surface area contributed by atoms with Gasteiger partial charge in [-0.1, -0.05) is 65.4 Å². The summed E-state index contributed by atoms with van der Waals surface area (Å²) in [6.07, 6.45) is 0. The van der Waals surface area contributed by atoms with Gasteiger partial charge >= 0.3 is 0 Å². The summed E-state index contributed by atoms with van der Waals surface area (Å²) in [7, 11) is 0. The first-order chi connectivity index (χ1) is 12.7. The molecule has 0 aromatic heterocycles. The van der Waals surface area contributed by atoms with Crippen LogP contribution in [0.3, 0.4) is 0 Å². The van der Waals surface area contributed by atoms with Crippen LogP contribution >= 0.6 is 34.2 Å². The maximum Gasteiger partial charge on any atom is 0.255 e. The van der Waals surface area contributed by atoms with Gasteiger partial charge in [0.1, 0.15) is 17.5 Å². The molecule has 6 nitrogen and oxygen atoms in total. The molecule has 0 heterocycles. The third-order valence-corrected chi connectivity index (χ3v) is 4.65. The van der Waals surface area contributed by atoms with Crippen LogP contribution in [-0.4, -0.2) is 32.5 Å². The molecule has 0 saturated carbocycles. The van der Waals surface area contributed by atoms with Crippen molar-refractivity contribution in [2.45, 2.75) is 23.8 Å². The number of carbonyl (C=O) groups excluding carboxylic acids is 2. The van der Waals surface area contributed by atoms with Crippen molar-refractivity contribution in [1.29, 1.82) is 0 Å². The minimum Gasteiger partial charge on any atom is -0.507 e. The van der Waals surface area contributed by atoms with E-state index in [9.17, 15) is 19.8 Å². The maximum atomic E-state index is 12.7. The van der Waals surface area contributed by atoms with E-state index in [-0.39, 0.29) is 26.2 Å². The summed E-state index contributed by atoms with van der Waals surface area (Å²) < 4.78 is 0.222. The van der Waals surface area contributed by atoms with E-state index in [1.54, 1.807) is 12.1 Å². The molecule has 2 unspecified atom stereocenters. The van der Waals surface area contributed by atoms with E-state index in [1.807, 2.05) is 26.0 Å². The van der Waals surface area contributed by atoms with E-state index < -0.39 is 17.7 Å². The second-order valence-corrected chi connectivity index (χ2v) is 8.64. The summed E-state index contributed by atoms with van der Waals surface area (Å²) >= 11 is 8.03. The molecular formula is C19H20ClIN2O4. The van der Waals surface area contributed by atoms with Crippen LogP contribution in [0.15, 0.2) is 36.4 Å². The molecule has 0 fully saturated rings. The molecule has 144 valence electrons. The van der Waals surface area contributed by atoms with Gasteiger partial charge in [-0.2, -0.15) is 0 Å². The Kier molecular flexibility index (Phi) is 7.32. The minimum absolute atomic E-state index is 0.0754. The second-order valence-electron chi connectivity index (χ2n) is 6.11. The lowest BCUT2D eigenvalue weighted by molar-refractivity contribution is -0.123. The molecule has 8 heteroatoms. The Hall–Kier alpha value is -2.00. The van der Waals surface area contributed by atoms with Crippen molar-refractivity contribution in [3.8, 4) is 11.5 Å². The van der Waals surface area contributed by atoms with Crippen LogP contribution in [0.25, 0.3) is 0 Å². The lowest BCUT2D eigenvalue weighted by Gasteiger charge is -2.21. The van der Waals surface area contributed by atoms with Gasteiger partial charge in [-0.3, -0.25) is 9.59 Å². The van der Waals surface area contributed by atoms with Gasteiger partial charge in [0.2, 0.25) is 5.91 Å². The van der Waals surface area contributed by atoms with Crippen LogP contribution < -0.4 is 10.6 Å². The number of hydrogen-bond acceptors (Lipinski definition) is 4. The first-order valence-corrected chi connectivity index (χ1v) is 9.82. The van der Waals surface area contributed by atoms with Crippen LogP contribution in [0.2, 0.25) is 5.02 Å². The fourth-order valence-corrected chi connectivity index (χ4v) is 2.86. The van der Waals surface area contributed by atoms with E-state index in [0.717, 1.165) is 17.7 Å². The Morgan fingerprint density at radius 2 is 1.85 bits per heavy atom. The zero-order chi connectivity index (χ0) is 20.1. The van der Waals surface area contributed by atoms with Crippen molar-refractivity contribution in [3.63, 3.8) is 0 Å². The average Bonchev–Trinajstić information content (AvgIpc) is 2.61. The van der Waals surface area contributed by atoms with Crippen molar-refractivity contribution < 1.29 is 19.8 Å². The van der Waals surface area contributed by atoms with E-state index in [2.05, 4.69) is 33.2 Å². The summed E-state index contributed by atoms with van der Waals surface area (Å²) in [6, 6.07) is 8.42. The molecule has 0 aliphatic carbocycles. The number of aromatic hydroxyl groups is 2.